The van der Waals surface area contributed by atoms with E-state index in [0.717, 1.165) is 11.0 Å². The molecule has 0 spiro atoms. The van der Waals surface area contributed by atoms with Crippen LogP contribution in [0.2, 0.25) is 0 Å². The van der Waals surface area contributed by atoms with Gasteiger partial charge in [0.2, 0.25) is 17.7 Å². The number of nitrogens with zero attached hydrogens (tertiary/aromatic N) is 2. The van der Waals surface area contributed by atoms with E-state index in [2.05, 4.69) is 10.6 Å². The number of nitriles is 1. The van der Waals surface area contributed by atoms with Gasteiger partial charge in [-0.3, -0.25) is 19.2 Å². The van der Waals surface area contributed by atoms with E-state index in [4.69, 9.17) is 0 Å². The average Bonchev–Trinajstić information content (AvgIpc) is 3.43. The minimum Gasteiger partial charge on any atom is -0.347 e. The molecule has 14 heteroatoms. The van der Waals surface area contributed by atoms with Gasteiger partial charge in [0.15, 0.2) is 0 Å². The van der Waals surface area contributed by atoms with E-state index in [1.807, 2.05) is 6.07 Å². The molecule has 3 aliphatic rings. The summed E-state index contributed by atoms with van der Waals surface area (Å²) < 4.78 is 69.9. The predicted molar refractivity (Wildman–Crippen MR) is 126 cm³/mol. The average molecular weight is 562 g/mol. The van der Waals surface area contributed by atoms with Crippen molar-refractivity contribution in [3.05, 3.63) is 12.2 Å². The summed E-state index contributed by atoms with van der Waals surface area (Å²) in [6.45, 7) is 5.97. The molecule has 39 heavy (non-hydrogen) atoms. The first-order chi connectivity index (χ1) is 17.9. The van der Waals surface area contributed by atoms with Gasteiger partial charge in [0.05, 0.1) is 12.1 Å². The molecule has 0 radical (unpaired) electrons. The lowest BCUT2D eigenvalue weighted by Gasteiger charge is -2.37. The molecule has 4 amide bonds. The number of carbonyl (C=O) groups is 4. The second kappa shape index (κ2) is 10.7. The zero-order valence-corrected chi connectivity index (χ0v) is 21.9. The van der Waals surface area contributed by atoms with Crippen LogP contribution in [0, 0.1) is 34.5 Å². The standard InChI is InChI=1S/C25H32F5N5O4/c1-12(2)15-5-8-35-17(15)20(37)32-14(11-31)9-13-10-16(33-19(13)36)24(26,27)7-6-23(3,4)18(21(35)38)34-22(39)25(28,29)30/h6-7,12-18H,5,8-10H2,1-4H3,(H,32,37)(H,33,36)(H,34,39)/b7-6+/t13?,14-,15+,16-,17-,18+/m0/s1. The Morgan fingerprint density at radius 3 is 2.33 bits per heavy atom. The molecule has 0 aromatic heterocycles. The normalized spacial score (nSPS) is 33.8. The third-order valence-corrected chi connectivity index (χ3v) is 7.78. The van der Waals surface area contributed by atoms with E-state index in [1.165, 1.54) is 13.8 Å². The van der Waals surface area contributed by atoms with E-state index in [9.17, 15) is 37.6 Å². The van der Waals surface area contributed by atoms with E-state index in [0.29, 0.717) is 12.5 Å². The van der Waals surface area contributed by atoms with E-state index in [1.54, 1.807) is 19.2 Å². The van der Waals surface area contributed by atoms with Crippen LogP contribution in [0.1, 0.15) is 47.0 Å². The van der Waals surface area contributed by atoms with Gasteiger partial charge in [0, 0.05) is 17.9 Å². The summed E-state index contributed by atoms with van der Waals surface area (Å²) in [5, 5.41) is 16.0. The highest BCUT2D eigenvalue weighted by atomic mass is 19.4. The Bertz CT molecular complexity index is 1080. The molecule has 2 saturated heterocycles. The molecular weight excluding hydrogens is 529 g/mol. The SMILES string of the molecule is CC(C)[C@H]1CCN2C(=O)[C@@H](NC(=O)C(F)(F)F)C(C)(C)/C=C/C(F)(F)[C@@H]3CC(C[C@@H](C#N)NC(=O)[C@H]12)C(=O)N3. The van der Waals surface area contributed by atoms with Gasteiger partial charge < -0.3 is 20.9 Å². The van der Waals surface area contributed by atoms with Crippen LogP contribution in [-0.2, 0) is 19.2 Å². The molecule has 3 heterocycles. The number of fused-ring (bicyclic) bond motifs is 3. The molecule has 0 aliphatic carbocycles. The smallest absolute Gasteiger partial charge is 0.347 e. The number of halogens is 5. The lowest BCUT2D eigenvalue weighted by Crippen LogP contribution is -2.60. The molecule has 1 unspecified atom stereocenters. The Labute approximate surface area is 222 Å². The number of hydrogen-bond acceptors (Lipinski definition) is 5. The predicted octanol–water partition coefficient (Wildman–Crippen LogP) is 2.04. The molecule has 3 aliphatic heterocycles. The van der Waals surface area contributed by atoms with Crippen molar-refractivity contribution in [1.82, 2.24) is 20.9 Å². The number of nitrogens with one attached hydrogen (secondary N) is 3. The quantitative estimate of drug-likeness (QED) is 0.351. The number of rotatable bonds is 2. The van der Waals surface area contributed by atoms with Crippen molar-refractivity contribution in [2.45, 2.75) is 83.2 Å². The van der Waals surface area contributed by atoms with E-state index in [-0.39, 0.29) is 25.3 Å². The number of alkyl halides is 5. The van der Waals surface area contributed by atoms with Gasteiger partial charge in [-0.25, -0.2) is 0 Å². The summed E-state index contributed by atoms with van der Waals surface area (Å²) in [5.41, 5.74) is -1.78. The Kier molecular flexibility index (Phi) is 8.34. The largest absolute Gasteiger partial charge is 0.471 e. The minimum atomic E-state index is -5.37. The third-order valence-electron chi connectivity index (χ3n) is 7.78. The number of amides is 4. The molecule has 6 atom stereocenters. The minimum absolute atomic E-state index is 0.0432. The fourth-order valence-corrected chi connectivity index (χ4v) is 5.46. The summed E-state index contributed by atoms with van der Waals surface area (Å²) in [4.78, 5) is 52.6. The van der Waals surface area contributed by atoms with Gasteiger partial charge in [0.25, 0.3) is 5.92 Å². The number of hydrogen-bond donors (Lipinski definition) is 3. The van der Waals surface area contributed by atoms with Crippen LogP contribution in [0.25, 0.3) is 0 Å². The number of carbonyl (C=O) groups excluding carboxylic acids is 4. The highest BCUT2D eigenvalue weighted by Crippen LogP contribution is 2.37. The van der Waals surface area contributed by atoms with Gasteiger partial charge in [0.1, 0.15) is 18.1 Å². The van der Waals surface area contributed by atoms with Crippen LogP contribution in [0.3, 0.4) is 0 Å². The summed E-state index contributed by atoms with van der Waals surface area (Å²) >= 11 is 0. The van der Waals surface area contributed by atoms with Gasteiger partial charge in [-0.1, -0.05) is 33.8 Å². The molecule has 0 saturated carbocycles. The Balaban J connectivity index is 2.14. The maximum absolute atomic E-state index is 15.1. The topological polar surface area (TPSA) is 131 Å². The van der Waals surface area contributed by atoms with Crippen molar-refractivity contribution < 1.29 is 41.1 Å². The molecule has 2 bridgehead atoms. The molecule has 0 aromatic carbocycles. The molecule has 3 N–H and O–H groups in total. The first-order valence-corrected chi connectivity index (χ1v) is 12.7. The van der Waals surface area contributed by atoms with Crippen molar-refractivity contribution in [2.75, 3.05) is 6.54 Å². The maximum atomic E-state index is 15.1. The molecule has 3 rings (SSSR count). The van der Waals surface area contributed by atoms with E-state index >= 15 is 8.78 Å². The lowest BCUT2D eigenvalue weighted by atomic mass is 9.81. The molecular formula is C25H32F5N5O4. The Hall–Kier alpha value is -3.24. The zero-order chi connectivity index (χ0) is 29.5. The maximum Gasteiger partial charge on any atom is 0.471 e. The van der Waals surface area contributed by atoms with Crippen LogP contribution in [-0.4, -0.2) is 71.3 Å². The summed E-state index contributed by atoms with van der Waals surface area (Å²) in [7, 11) is 0. The second-order valence-corrected chi connectivity index (χ2v) is 11.3. The zero-order valence-electron chi connectivity index (χ0n) is 21.9. The van der Waals surface area contributed by atoms with Crippen molar-refractivity contribution in [2.24, 2.45) is 23.2 Å². The van der Waals surface area contributed by atoms with Gasteiger partial charge in [-0.2, -0.15) is 27.2 Å². The van der Waals surface area contributed by atoms with Gasteiger partial charge in [-0.05, 0) is 37.2 Å². The summed E-state index contributed by atoms with van der Waals surface area (Å²) in [5.74, 6) is -10.2. The monoisotopic (exact) mass is 561 g/mol. The summed E-state index contributed by atoms with van der Waals surface area (Å²) in [6, 6.07) is -4.25. The van der Waals surface area contributed by atoms with Crippen LogP contribution in [0.15, 0.2) is 12.2 Å². The Morgan fingerprint density at radius 2 is 1.77 bits per heavy atom. The van der Waals surface area contributed by atoms with Crippen LogP contribution >= 0.6 is 0 Å². The lowest BCUT2D eigenvalue weighted by molar-refractivity contribution is -0.176. The van der Waals surface area contributed by atoms with Crippen molar-refractivity contribution >= 4 is 23.6 Å². The molecule has 9 nitrogen and oxygen atoms in total. The van der Waals surface area contributed by atoms with Crippen LogP contribution in [0.4, 0.5) is 22.0 Å². The van der Waals surface area contributed by atoms with Crippen LogP contribution < -0.4 is 16.0 Å². The highest BCUT2D eigenvalue weighted by Gasteiger charge is 2.52. The molecule has 216 valence electrons. The molecule has 2 fully saturated rings. The first-order valence-electron chi connectivity index (χ1n) is 12.7. The van der Waals surface area contributed by atoms with Gasteiger partial charge in [-0.15, -0.1) is 0 Å². The fraction of sp³-hybridized carbons (Fsp3) is 0.720. The van der Waals surface area contributed by atoms with E-state index < -0.39 is 77.1 Å². The van der Waals surface area contributed by atoms with Crippen molar-refractivity contribution in [3.63, 3.8) is 0 Å². The first kappa shape index (κ1) is 30.3. The van der Waals surface area contributed by atoms with Gasteiger partial charge >= 0.3 is 12.1 Å². The fourth-order valence-electron chi connectivity index (χ4n) is 5.46. The Morgan fingerprint density at radius 1 is 1.13 bits per heavy atom. The second-order valence-electron chi connectivity index (χ2n) is 11.3. The summed E-state index contributed by atoms with van der Waals surface area (Å²) in [6.07, 6.45) is -4.42. The van der Waals surface area contributed by atoms with Crippen LogP contribution in [0.5, 0.6) is 0 Å². The molecule has 0 aromatic rings. The highest BCUT2D eigenvalue weighted by molar-refractivity contribution is 5.94. The van der Waals surface area contributed by atoms with Crippen molar-refractivity contribution in [3.8, 4) is 6.07 Å². The third kappa shape index (κ3) is 6.33. The van der Waals surface area contributed by atoms with Crippen molar-refractivity contribution in [1.29, 1.82) is 5.26 Å².